The van der Waals surface area contributed by atoms with Crippen molar-refractivity contribution in [2.75, 3.05) is 45.7 Å². The molecule has 9 nitrogen and oxygen atoms in total. The summed E-state index contributed by atoms with van der Waals surface area (Å²) in [5.74, 6) is 1.97. The number of hydrogen-bond donors (Lipinski definition) is 1. The number of benzene rings is 1. The molecule has 1 N–H and O–H groups in total. The van der Waals surface area contributed by atoms with Gasteiger partial charge in [-0.25, -0.2) is 9.97 Å². The summed E-state index contributed by atoms with van der Waals surface area (Å²) >= 11 is 1.35. The molecular weight excluding hydrogens is 464 g/mol. The van der Waals surface area contributed by atoms with Gasteiger partial charge in [0, 0.05) is 12.4 Å². The number of hydrogen-bond acceptors (Lipinski definition) is 9. The monoisotopic (exact) mass is 492 g/mol. The Morgan fingerprint density at radius 3 is 2.83 bits per heavy atom. The van der Waals surface area contributed by atoms with Crippen LogP contribution in [0.5, 0.6) is 11.5 Å². The minimum atomic E-state index is -0.174. The molecule has 3 aromatic rings. The van der Waals surface area contributed by atoms with E-state index in [1.165, 1.54) is 11.3 Å². The van der Waals surface area contributed by atoms with Gasteiger partial charge in [0.05, 0.1) is 38.0 Å². The summed E-state index contributed by atoms with van der Waals surface area (Å²) in [6.45, 7) is 2.11. The van der Waals surface area contributed by atoms with Crippen molar-refractivity contribution in [3.63, 3.8) is 0 Å². The lowest BCUT2D eigenvalue weighted by molar-refractivity contribution is 0.0769. The lowest BCUT2D eigenvalue weighted by Crippen LogP contribution is -2.31. The van der Waals surface area contributed by atoms with Gasteiger partial charge in [-0.1, -0.05) is 6.07 Å². The molecule has 1 saturated heterocycles. The fourth-order valence-corrected chi connectivity index (χ4v) is 4.65. The quantitative estimate of drug-likeness (QED) is 0.422. The third kappa shape index (κ3) is 6.26. The van der Waals surface area contributed by atoms with Crippen LogP contribution in [0, 0.1) is 11.3 Å². The van der Waals surface area contributed by atoms with E-state index in [1.807, 2.05) is 42.5 Å². The average molecular weight is 493 g/mol. The van der Waals surface area contributed by atoms with Gasteiger partial charge in [0.2, 0.25) is 0 Å². The van der Waals surface area contributed by atoms with Gasteiger partial charge in [-0.15, -0.1) is 11.3 Å². The number of methoxy groups -OCH3 is 1. The molecule has 1 amide bonds. The largest absolute Gasteiger partial charge is 0.497 e. The van der Waals surface area contributed by atoms with Crippen LogP contribution in [0.1, 0.15) is 35.1 Å². The van der Waals surface area contributed by atoms with Crippen LogP contribution in [0.25, 0.3) is 0 Å². The molecule has 0 radical (unpaired) electrons. The molecule has 1 fully saturated rings. The predicted molar refractivity (Wildman–Crippen MR) is 134 cm³/mol. The zero-order chi connectivity index (χ0) is 24.6. The summed E-state index contributed by atoms with van der Waals surface area (Å²) in [6.07, 6.45) is 2.05. The van der Waals surface area contributed by atoms with Crippen LogP contribution < -0.4 is 14.8 Å². The van der Waals surface area contributed by atoms with E-state index in [-0.39, 0.29) is 11.9 Å². The molecule has 1 atom stereocenters. The predicted octanol–water partition coefficient (Wildman–Crippen LogP) is 4.10. The number of nitrogens with one attached hydrogen (secondary N) is 1. The lowest BCUT2D eigenvalue weighted by atomic mass is 10.1. The molecule has 10 heteroatoms. The Labute approximate surface area is 208 Å². The van der Waals surface area contributed by atoms with Gasteiger partial charge in [-0.05, 0) is 55.8 Å². The molecule has 182 valence electrons. The number of ether oxygens (including phenoxy) is 2. The van der Waals surface area contributed by atoms with E-state index < -0.39 is 0 Å². The van der Waals surface area contributed by atoms with Gasteiger partial charge >= 0.3 is 0 Å². The number of likely N-dealkylation sites (tertiary alicyclic amines) is 1. The summed E-state index contributed by atoms with van der Waals surface area (Å²) in [5.41, 5.74) is 1.31. The number of nitrogens with zero attached hydrogens (tertiary/aromatic N) is 5. The lowest BCUT2D eigenvalue weighted by Gasteiger charge is -2.21. The number of amides is 1. The SMILES string of the molecule is COc1ccc(OCCN(C)C(=O)c2csc(Nc3cccc([C@@H]4CCCN4CC#N)n3)n2)cc1. The van der Waals surface area contributed by atoms with Gasteiger partial charge in [0.1, 0.15) is 29.6 Å². The summed E-state index contributed by atoms with van der Waals surface area (Å²) in [6, 6.07) is 15.5. The van der Waals surface area contributed by atoms with Crippen molar-refractivity contribution in [1.29, 1.82) is 5.26 Å². The second-order valence-electron chi connectivity index (χ2n) is 8.15. The number of aromatic nitrogens is 2. The zero-order valence-electron chi connectivity index (χ0n) is 19.8. The highest BCUT2D eigenvalue weighted by Crippen LogP contribution is 2.31. The van der Waals surface area contributed by atoms with E-state index in [0.717, 1.165) is 36.6 Å². The number of carbonyl (C=O) groups is 1. The van der Waals surface area contributed by atoms with Crippen LogP contribution in [0.2, 0.25) is 0 Å². The van der Waals surface area contributed by atoms with Crippen molar-refractivity contribution in [2.45, 2.75) is 18.9 Å². The molecule has 3 heterocycles. The maximum absolute atomic E-state index is 12.8. The highest BCUT2D eigenvalue weighted by atomic mass is 32.1. The first-order chi connectivity index (χ1) is 17.1. The number of thiazole rings is 1. The fourth-order valence-electron chi connectivity index (χ4n) is 3.96. The van der Waals surface area contributed by atoms with E-state index in [2.05, 4.69) is 21.3 Å². The van der Waals surface area contributed by atoms with Crippen LogP contribution in [-0.4, -0.2) is 66.1 Å². The van der Waals surface area contributed by atoms with Crippen LogP contribution in [0.15, 0.2) is 47.8 Å². The van der Waals surface area contributed by atoms with Crippen molar-refractivity contribution in [3.8, 4) is 17.6 Å². The van der Waals surface area contributed by atoms with Crippen molar-refractivity contribution in [2.24, 2.45) is 0 Å². The van der Waals surface area contributed by atoms with Crippen molar-refractivity contribution < 1.29 is 14.3 Å². The van der Waals surface area contributed by atoms with Gasteiger partial charge in [0.15, 0.2) is 5.13 Å². The van der Waals surface area contributed by atoms with Crippen molar-refractivity contribution in [1.82, 2.24) is 19.8 Å². The Balaban J connectivity index is 1.31. The van der Waals surface area contributed by atoms with Gasteiger partial charge < -0.3 is 19.7 Å². The topological polar surface area (TPSA) is 104 Å². The molecule has 2 aromatic heterocycles. The van der Waals surface area contributed by atoms with E-state index in [4.69, 9.17) is 19.7 Å². The Hall–Kier alpha value is -3.68. The maximum atomic E-state index is 12.8. The molecule has 4 rings (SSSR count). The number of anilines is 2. The summed E-state index contributed by atoms with van der Waals surface area (Å²) in [4.78, 5) is 25.7. The number of likely N-dealkylation sites (N-methyl/N-ethyl adjacent to an activating group) is 1. The van der Waals surface area contributed by atoms with Gasteiger partial charge in [0.25, 0.3) is 5.91 Å². The molecular formula is C25H28N6O3S. The Bertz CT molecular complexity index is 1180. The molecule has 0 saturated carbocycles. The highest BCUT2D eigenvalue weighted by molar-refractivity contribution is 7.14. The third-order valence-electron chi connectivity index (χ3n) is 5.81. The Kier molecular flexibility index (Phi) is 8.13. The normalized spacial score (nSPS) is 15.4. The first-order valence-corrected chi connectivity index (χ1v) is 12.3. The second kappa shape index (κ2) is 11.6. The first kappa shape index (κ1) is 24.4. The van der Waals surface area contributed by atoms with Crippen LogP contribution in [0.3, 0.4) is 0 Å². The average Bonchev–Trinajstić information content (AvgIpc) is 3.54. The molecule has 1 aromatic carbocycles. The second-order valence-corrected chi connectivity index (χ2v) is 9.01. The number of pyridine rings is 1. The standard InChI is InChI=1S/C25H28N6O3S/c1-30(15-16-34-19-10-8-18(33-2)9-11-19)24(32)21-17-35-25(28-21)29-23-7-3-5-20(27-23)22-6-4-13-31(22)14-12-26/h3,5,7-11,17,22H,4,6,13-16H2,1-2H3,(H,27,28,29)/t22-/m0/s1. The molecule has 35 heavy (non-hydrogen) atoms. The molecule has 0 bridgehead atoms. The van der Waals surface area contributed by atoms with Gasteiger partial charge in [-0.3, -0.25) is 9.69 Å². The molecule has 1 aliphatic heterocycles. The third-order valence-corrected chi connectivity index (χ3v) is 6.57. The first-order valence-electron chi connectivity index (χ1n) is 11.4. The molecule has 0 spiro atoms. The molecule has 0 unspecified atom stereocenters. The molecule has 0 aliphatic carbocycles. The van der Waals surface area contributed by atoms with Gasteiger partial charge in [-0.2, -0.15) is 5.26 Å². The summed E-state index contributed by atoms with van der Waals surface area (Å²) < 4.78 is 10.9. The summed E-state index contributed by atoms with van der Waals surface area (Å²) in [7, 11) is 3.34. The number of rotatable bonds is 10. The van der Waals surface area contributed by atoms with E-state index in [9.17, 15) is 4.79 Å². The van der Waals surface area contributed by atoms with Crippen LogP contribution >= 0.6 is 11.3 Å². The smallest absolute Gasteiger partial charge is 0.273 e. The van der Waals surface area contributed by atoms with Crippen LogP contribution in [-0.2, 0) is 0 Å². The van der Waals surface area contributed by atoms with Crippen molar-refractivity contribution >= 4 is 28.2 Å². The Morgan fingerprint density at radius 2 is 2.06 bits per heavy atom. The maximum Gasteiger partial charge on any atom is 0.273 e. The Morgan fingerprint density at radius 1 is 1.26 bits per heavy atom. The summed E-state index contributed by atoms with van der Waals surface area (Å²) in [5, 5.41) is 14.6. The van der Waals surface area contributed by atoms with E-state index >= 15 is 0 Å². The highest BCUT2D eigenvalue weighted by Gasteiger charge is 2.27. The minimum absolute atomic E-state index is 0.151. The zero-order valence-corrected chi connectivity index (χ0v) is 20.6. The van der Waals surface area contributed by atoms with Crippen LogP contribution in [0.4, 0.5) is 10.9 Å². The fraction of sp³-hybridized carbons (Fsp3) is 0.360. The van der Waals surface area contributed by atoms with E-state index in [0.29, 0.717) is 36.3 Å². The minimum Gasteiger partial charge on any atom is -0.497 e. The number of carbonyl (C=O) groups excluding carboxylic acids is 1. The van der Waals surface area contributed by atoms with E-state index in [1.54, 1.807) is 24.4 Å². The number of nitriles is 1. The van der Waals surface area contributed by atoms with Crippen molar-refractivity contribution in [3.05, 3.63) is 59.2 Å². The molecule has 1 aliphatic rings.